The molecule has 0 spiro atoms. The number of nitrogens with one attached hydrogen (secondary N) is 1. The summed E-state index contributed by atoms with van der Waals surface area (Å²) in [6.45, 7) is 4.87. The second-order valence-corrected chi connectivity index (χ2v) is 4.77. The van der Waals surface area contributed by atoms with E-state index in [1.807, 2.05) is 55.1 Å². The van der Waals surface area contributed by atoms with E-state index in [4.69, 9.17) is 4.52 Å². The van der Waals surface area contributed by atoms with Gasteiger partial charge < -0.3 is 9.84 Å². The van der Waals surface area contributed by atoms with Crippen molar-refractivity contribution in [3.05, 3.63) is 48.6 Å². The molecule has 0 aliphatic rings. The summed E-state index contributed by atoms with van der Waals surface area (Å²) in [6.07, 6.45) is 3.74. The Hall–Kier alpha value is -2.63. The summed E-state index contributed by atoms with van der Waals surface area (Å²) in [7, 11) is 0. The van der Waals surface area contributed by atoms with Gasteiger partial charge in [0.1, 0.15) is 6.04 Å². The molecule has 0 saturated heterocycles. The Labute approximate surface area is 122 Å². The third-order valence-electron chi connectivity index (χ3n) is 3.18. The fourth-order valence-electron chi connectivity index (χ4n) is 2.04. The van der Waals surface area contributed by atoms with Gasteiger partial charge in [-0.25, -0.2) is 0 Å². The van der Waals surface area contributed by atoms with Crippen LogP contribution in [0.3, 0.4) is 0 Å². The topological polar surface area (TPSA) is 68.8 Å². The molecule has 0 saturated carbocycles. The standard InChI is InChI=1S/C15H17N5O/c1-3-20-10-13(9-16-20)17-11(2)15-18-14(19-21-15)12-7-5-4-6-8-12/h4-11,17H,3H2,1-2H3/t11-/m1/s1. The van der Waals surface area contributed by atoms with Gasteiger partial charge in [0.2, 0.25) is 11.7 Å². The van der Waals surface area contributed by atoms with Crippen LogP contribution in [0.15, 0.2) is 47.2 Å². The quantitative estimate of drug-likeness (QED) is 0.779. The first-order valence-electron chi connectivity index (χ1n) is 6.94. The van der Waals surface area contributed by atoms with Crippen LogP contribution in [0.1, 0.15) is 25.8 Å². The molecule has 0 unspecified atom stereocenters. The third-order valence-corrected chi connectivity index (χ3v) is 3.18. The van der Waals surface area contributed by atoms with Gasteiger partial charge in [0.25, 0.3) is 0 Å². The highest BCUT2D eigenvalue weighted by Gasteiger charge is 2.15. The molecule has 1 atom stereocenters. The highest BCUT2D eigenvalue weighted by molar-refractivity contribution is 5.53. The Morgan fingerprint density at radius 2 is 2.10 bits per heavy atom. The molecule has 1 aromatic carbocycles. The zero-order chi connectivity index (χ0) is 14.7. The lowest BCUT2D eigenvalue weighted by Crippen LogP contribution is -2.06. The second-order valence-electron chi connectivity index (χ2n) is 4.77. The van der Waals surface area contributed by atoms with E-state index < -0.39 is 0 Å². The lowest BCUT2D eigenvalue weighted by molar-refractivity contribution is 0.368. The first-order valence-corrected chi connectivity index (χ1v) is 6.94. The van der Waals surface area contributed by atoms with Crippen LogP contribution in [0.4, 0.5) is 5.69 Å². The summed E-state index contributed by atoms with van der Waals surface area (Å²) in [5.41, 5.74) is 1.88. The number of rotatable bonds is 5. The van der Waals surface area contributed by atoms with E-state index >= 15 is 0 Å². The molecule has 2 heterocycles. The van der Waals surface area contributed by atoms with Crippen molar-refractivity contribution in [1.82, 2.24) is 19.9 Å². The van der Waals surface area contributed by atoms with Gasteiger partial charge >= 0.3 is 0 Å². The minimum atomic E-state index is -0.0792. The first kappa shape index (κ1) is 13.4. The molecule has 3 aromatic rings. The summed E-state index contributed by atoms with van der Waals surface area (Å²) < 4.78 is 7.19. The molecule has 1 N–H and O–H groups in total. The number of aryl methyl sites for hydroxylation is 1. The number of aromatic nitrogens is 4. The molecule has 6 heteroatoms. The van der Waals surface area contributed by atoms with Crippen molar-refractivity contribution in [2.75, 3.05) is 5.32 Å². The Balaban J connectivity index is 1.73. The summed E-state index contributed by atoms with van der Waals surface area (Å²) in [5, 5.41) is 11.5. The van der Waals surface area contributed by atoms with E-state index in [0.717, 1.165) is 17.8 Å². The van der Waals surface area contributed by atoms with E-state index in [-0.39, 0.29) is 6.04 Å². The number of hydrogen-bond acceptors (Lipinski definition) is 5. The van der Waals surface area contributed by atoms with Gasteiger partial charge in [0, 0.05) is 18.3 Å². The van der Waals surface area contributed by atoms with Gasteiger partial charge in [0.05, 0.1) is 11.9 Å². The van der Waals surface area contributed by atoms with Crippen LogP contribution < -0.4 is 5.32 Å². The number of anilines is 1. The van der Waals surface area contributed by atoms with Gasteiger partial charge in [-0.2, -0.15) is 10.1 Å². The highest BCUT2D eigenvalue weighted by atomic mass is 16.5. The summed E-state index contributed by atoms with van der Waals surface area (Å²) in [4.78, 5) is 4.44. The number of nitrogens with zero attached hydrogens (tertiary/aromatic N) is 4. The molecule has 3 rings (SSSR count). The van der Waals surface area contributed by atoms with Gasteiger partial charge in [0.15, 0.2) is 0 Å². The lowest BCUT2D eigenvalue weighted by Gasteiger charge is -2.07. The van der Waals surface area contributed by atoms with Crippen molar-refractivity contribution in [3.63, 3.8) is 0 Å². The minimum absolute atomic E-state index is 0.0792. The van der Waals surface area contributed by atoms with Crippen LogP contribution in [-0.4, -0.2) is 19.9 Å². The normalized spacial score (nSPS) is 12.3. The summed E-state index contributed by atoms with van der Waals surface area (Å²) in [6, 6.07) is 9.69. The molecule has 0 amide bonds. The van der Waals surface area contributed by atoms with Crippen LogP contribution in [0.25, 0.3) is 11.4 Å². The van der Waals surface area contributed by atoms with E-state index in [1.54, 1.807) is 6.20 Å². The smallest absolute Gasteiger partial charge is 0.249 e. The molecule has 0 fully saturated rings. The third kappa shape index (κ3) is 2.94. The van der Waals surface area contributed by atoms with Gasteiger partial charge in [-0.05, 0) is 13.8 Å². The maximum absolute atomic E-state index is 5.34. The molecule has 0 bridgehead atoms. The molecular formula is C15H17N5O. The predicted octanol–water partition coefficient (Wildman–Crippen LogP) is 3.13. The second kappa shape index (κ2) is 5.78. The SMILES string of the molecule is CCn1cc(N[C@H](C)c2nc(-c3ccccc3)no2)cn1. The highest BCUT2D eigenvalue weighted by Crippen LogP contribution is 2.21. The Morgan fingerprint density at radius 3 is 2.81 bits per heavy atom. The molecule has 0 aliphatic carbocycles. The van der Waals surface area contributed by atoms with Gasteiger partial charge in [-0.15, -0.1) is 0 Å². The fourth-order valence-corrected chi connectivity index (χ4v) is 2.04. The van der Waals surface area contributed by atoms with E-state index in [9.17, 15) is 0 Å². The van der Waals surface area contributed by atoms with Crippen molar-refractivity contribution in [2.45, 2.75) is 26.4 Å². The molecule has 0 radical (unpaired) electrons. The van der Waals surface area contributed by atoms with Crippen molar-refractivity contribution < 1.29 is 4.52 Å². The molecule has 0 aliphatic heterocycles. The first-order chi connectivity index (χ1) is 10.3. The monoisotopic (exact) mass is 283 g/mol. The van der Waals surface area contributed by atoms with Gasteiger partial charge in [-0.1, -0.05) is 35.5 Å². The molecular weight excluding hydrogens is 266 g/mol. The molecule has 21 heavy (non-hydrogen) atoms. The van der Waals surface area contributed by atoms with E-state index in [1.165, 1.54) is 0 Å². The minimum Gasteiger partial charge on any atom is -0.371 e. The average Bonchev–Trinajstić information content (AvgIpc) is 3.17. The van der Waals surface area contributed by atoms with Crippen LogP contribution in [0.2, 0.25) is 0 Å². The summed E-state index contributed by atoms with van der Waals surface area (Å²) in [5.74, 6) is 1.15. The zero-order valence-electron chi connectivity index (χ0n) is 12.0. The van der Waals surface area contributed by atoms with Crippen LogP contribution in [0.5, 0.6) is 0 Å². The molecule has 6 nitrogen and oxygen atoms in total. The van der Waals surface area contributed by atoms with Crippen molar-refractivity contribution in [2.24, 2.45) is 0 Å². The van der Waals surface area contributed by atoms with Crippen molar-refractivity contribution in [1.29, 1.82) is 0 Å². The van der Waals surface area contributed by atoms with Crippen LogP contribution >= 0.6 is 0 Å². The average molecular weight is 283 g/mol. The van der Waals surface area contributed by atoms with E-state index in [2.05, 4.69) is 20.6 Å². The number of hydrogen-bond donors (Lipinski definition) is 1. The largest absolute Gasteiger partial charge is 0.371 e. The number of benzene rings is 1. The van der Waals surface area contributed by atoms with Crippen molar-refractivity contribution in [3.8, 4) is 11.4 Å². The Bertz CT molecular complexity index is 704. The van der Waals surface area contributed by atoms with E-state index in [0.29, 0.717) is 11.7 Å². The fraction of sp³-hybridized carbons (Fsp3) is 0.267. The molecule has 2 aromatic heterocycles. The maximum atomic E-state index is 5.34. The summed E-state index contributed by atoms with van der Waals surface area (Å²) >= 11 is 0. The van der Waals surface area contributed by atoms with Crippen molar-refractivity contribution >= 4 is 5.69 Å². The maximum Gasteiger partial charge on any atom is 0.249 e. The van der Waals surface area contributed by atoms with Crippen LogP contribution in [0, 0.1) is 0 Å². The van der Waals surface area contributed by atoms with Gasteiger partial charge in [-0.3, -0.25) is 4.68 Å². The van der Waals surface area contributed by atoms with Crippen LogP contribution in [-0.2, 0) is 6.54 Å². The lowest BCUT2D eigenvalue weighted by atomic mass is 10.2. The predicted molar refractivity (Wildman–Crippen MR) is 79.7 cm³/mol. The Kier molecular flexibility index (Phi) is 3.68. The molecule has 108 valence electrons. The zero-order valence-corrected chi connectivity index (χ0v) is 12.0. The Morgan fingerprint density at radius 1 is 1.29 bits per heavy atom.